The van der Waals surface area contributed by atoms with E-state index in [1.54, 1.807) is 19.4 Å². The zero-order valence-corrected chi connectivity index (χ0v) is 17.8. The third-order valence-electron chi connectivity index (χ3n) is 4.58. The van der Waals surface area contributed by atoms with Crippen molar-refractivity contribution in [2.24, 2.45) is 5.10 Å². The number of aromatic nitrogens is 1. The summed E-state index contributed by atoms with van der Waals surface area (Å²) >= 11 is 3.49. The first kappa shape index (κ1) is 19.8. The Bertz CT molecular complexity index is 1240. The molecule has 0 radical (unpaired) electrons. The van der Waals surface area contributed by atoms with Crippen molar-refractivity contribution in [3.8, 4) is 17.0 Å². The lowest BCUT2D eigenvalue weighted by Gasteiger charge is -2.09. The molecule has 1 N–H and O–H groups in total. The number of ether oxygens (including phenoxy) is 1. The molecule has 0 saturated heterocycles. The minimum Gasteiger partial charge on any atom is -0.497 e. The Morgan fingerprint density at radius 2 is 1.83 bits per heavy atom. The van der Waals surface area contributed by atoms with Crippen LogP contribution in [0.25, 0.3) is 22.2 Å². The summed E-state index contributed by atoms with van der Waals surface area (Å²) in [6, 6.07) is 24.6. The molecule has 4 aromatic rings. The third-order valence-corrected chi connectivity index (χ3v) is 5.07. The molecule has 0 atom stereocenters. The highest BCUT2D eigenvalue weighted by molar-refractivity contribution is 9.10. The van der Waals surface area contributed by atoms with Gasteiger partial charge < -0.3 is 4.74 Å². The first-order chi connectivity index (χ1) is 14.6. The van der Waals surface area contributed by atoms with E-state index in [0.717, 1.165) is 37.9 Å². The highest BCUT2D eigenvalue weighted by Crippen LogP contribution is 2.26. The SMILES string of the molecule is COc1ccc(/C=N\NC(=O)c2cc(-c3cccc(Br)c3)nc3ccccc23)cc1. The standard InChI is InChI=1S/C24H18BrN3O2/c1-30-19-11-9-16(10-12-19)15-26-28-24(29)21-14-23(17-5-4-6-18(25)13-17)27-22-8-3-2-7-20(21)22/h2-15H,1H3,(H,28,29)/b26-15-. The van der Waals surface area contributed by atoms with Crippen molar-refractivity contribution in [1.82, 2.24) is 10.4 Å². The molecule has 1 heterocycles. The second-order valence-electron chi connectivity index (χ2n) is 6.55. The van der Waals surface area contributed by atoms with Crippen molar-refractivity contribution in [2.75, 3.05) is 7.11 Å². The van der Waals surface area contributed by atoms with E-state index in [-0.39, 0.29) is 5.91 Å². The molecule has 0 fully saturated rings. The third kappa shape index (κ3) is 4.39. The van der Waals surface area contributed by atoms with Gasteiger partial charge in [-0.25, -0.2) is 10.4 Å². The maximum Gasteiger partial charge on any atom is 0.272 e. The monoisotopic (exact) mass is 459 g/mol. The van der Waals surface area contributed by atoms with Crippen LogP contribution in [0.1, 0.15) is 15.9 Å². The minimum absolute atomic E-state index is 0.297. The summed E-state index contributed by atoms with van der Waals surface area (Å²) in [7, 11) is 1.62. The van der Waals surface area contributed by atoms with Crippen molar-refractivity contribution >= 4 is 39.0 Å². The van der Waals surface area contributed by atoms with Gasteiger partial charge in [0.1, 0.15) is 5.75 Å². The van der Waals surface area contributed by atoms with Crippen LogP contribution in [-0.4, -0.2) is 24.2 Å². The topological polar surface area (TPSA) is 63.6 Å². The molecule has 0 aliphatic heterocycles. The normalized spacial score (nSPS) is 11.0. The van der Waals surface area contributed by atoms with Gasteiger partial charge in [-0.15, -0.1) is 0 Å². The van der Waals surface area contributed by atoms with Crippen molar-refractivity contribution in [2.45, 2.75) is 0 Å². The number of methoxy groups -OCH3 is 1. The summed E-state index contributed by atoms with van der Waals surface area (Å²) in [5.74, 6) is 0.467. The average molecular weight is 460 g/mol. The Balaban J connectivity index is 1.64. The number of carbonyl (C=O) groups is 1. The highest BCUT2D eigenvalue weighted by atomic mass is 79.9. The molecule has 0 aliphatic carbocycles. The van der Waals surface area contributed by atoms with Gasteiger partial charge >= 0.3 is 0 Å². The van der Waals surface area contributed by atoms with Crippen LogP contribution in [0.5, 0.6) is 5.75 Å². The van der Waals surface area contributed by atoms with Crippen molar-refractivity contribution < 1.29 is 9.53 Å². The van der Waals surface area contributed by atoms with Crippen LogP contribution < -0.4 is 10.2 Å². The van der Waals surface area contributed by atoms with Crippen LogP contribution in [0.15, 0.2) is 88.4 Å². The van der Waals surface area contributed by atoms with Gasteiger partial charge in [0, 0.05) is 15.4 Å². The molecular weight excluding hydrogens is 442 g/mol. The summed E-state index contributed by atoms with van der Waals surface area (Å²) < 4.78 is 6.09. The van der Waals surface area contributed by atoms with Gasteiger partial charge in [-0.05, 0) is 54.1 Å². The number of rotatable bonds is 5. The van der Waals surface area contributed by atoms with E-state index < -0.39 is 0 Å². The maximum atomic E-state index is 12.9. The van der Waals surface area contributed by atoms with E-state index >= 15 is 0 Å². The van der Waals surface area contributed by atoms with Crippen LogP contribution >= 0.6 is 15.9 Å². The fraction of sp³-hybridized carbons (Fsp3) is 0.0417. The predicted octanol–water partition coefficient (Wildman–Crippen LogP) is 5.44. The summed E-state index contributed by atoms with van der Waals surface area (Å²) in [4.78, 5) is 17.6. The first-order valence-electron chi connectivity index (χ1n) is 9.27. The smallest absolute Gasteiger partial charge is 0.272 e. The number of nitrogens with one attached hydrogen (secondary N) is 1. The minimum atomic E-state index is -0.297. The quantitative estimate of drug-likeness (QED) is 0.319. The molecule has 4 rings (SSSR count). The molecule has 0 unspecified atom stereocenters. The summed E-state index contributed by atoms with van der Waals surface area (Å²) in [6.07, 6.45) is 1.59. The van der Waals surface area contributed by atoms with Gasteiger partial charge in [0.25, 0.3) is 5.91 Å². The molecule has 148 valence electrons. The number of carbonyl (C=O) groups excluding carboxylic acids is 1. The molecule has 1 amide bonds. The summed E-state index contributed by atoms with van der Waals surface area (Å²) in [5, 5.41) is 4.88. The number of hydrogen-bond acceptors (Lipinski definition) is 4. The Morgan fingerprint density at radius 3 is 2.60 bits per heavy atom. The van der Waals surface area contributed by atoms with Crippen LogP contribution in [0, 0.1) is 0 Å². The van der Waals surface area contributed by atoms with E-state index in [2.05, 4.69) is 26.5 Å². The molecule has 0 bridgehead atoms. The Morgan fingerprint density at radius 1 is 1.03 bits per heavy atom. The second-order valence-corrected chi connectivity index (χ2v) is 7.47. The lowest BCUT2D eigenvalue weighted by Crippen LogP contribution is -2.18. The predicted molar refractivity (Wildman–Crippen MR) is 123 cm³/mol. The number of hydrazone groups is 1. The second kappa shape index (κ2) is 8.88. The van der Waals surface area contributed by atoms with E-state index in [0.29, 0.717) is 5.56 Å². The van der Waals surface area contributed by atoms with Gasteiger partial charge in [-0.1, -0.05) is 46.3 Å². The fourth-order valence-corrected chi connectivity index (χ4v) is 3.47. The molecule has 1 aromatic heterocycles. The molecular formula is C24H18BrN3O2. The van der Waals surface area contributed by atoms with E-state index in [1.807, 2.05) is 72.8 Å². The summed E-state index contributed by atoms with van der Waals surface area (Å²) in [6.45, 7) is 0. The van der Waals surface area contributed by atoms with Gasteiger partial charge in [-0.2, -0.15) is 5.10 Å². The van der Waals surface area contributed by atoms with Gasteiger partial charge in [0.2, 0.25) is 0 Å². The molecule has 0 spiro atoms. The molecule has 3 aromatic carbocycles. The molecule has 30 heavy (non-hydrogen) atoms. The highest BCUT2D eigenvalue weighted by Gasteiger charge is 2.13. The van der Waals surface area contributed by atoms with Gasteiger partial charge in [0.05, 0.1) is 30.1 Å². The zero-order chi connectivity index (χ0) is 20.9. The number of fused-ring (bicyclic) bond motifs is 1. The molecule has 0 saturated carbocycles. The maximum absolute atomic E-state index is 12.9. The number of pyridine rings is 1. The molecule has 0 aliphatic rings. The zero-order valence-electron chi connectivity index (χ0n) is 16.2. The van der Waals surface area contributed by atoms with E-state index in [4.69, 9.17) is 9.72 Å². The van der Waals surface area contributed by atoms with Crippen molar-refractivity contribution in [3.05, 3.63) is 94.5 Å². The lowest BCUT2D eigenvalue weighted by atomic mass is 10.0. The van der Waals surface area contributed by atoms with Crippen LogP contribution in [0.3, 0.4) is 0 Å². The Kier molecular flexibility index (Phi) is 5.86. The number of hydrogen-bond donors (Lipinski definition) is 1. The number of nitrogens with zero attached hydrogens (tertiary/aromatic N) is 2. The number of amides is 1. The lowest BCUT2D eigenvalue weighted by molar-refractivity contribution is 0.0956. The fourth-order valence-electron chi connectivity index (χ4n) is 3.07. The van der Waals surface area contributed by atoms with Gasteiger partial charge in [-0.3, -0.25) is 4.79 Å². The van der Waals surface area contributed by atoms with Gasteiger partial charge in [0.15, 0.2) is 0 Å². The Hall–Kier alpha value is -3.51. The van der Waals surface area contributed by atoms with E-state index in [9.17, 15) is 4.79 Å². The average Bonchev–Trinajstić information content (AvgIpc) is 2.78. The summed E-state index contributed by atoms with van der Waals surface area (Å²) in [5.41, 5.74) is 6.38. The van der Waals surface area contributed by atoms with Crippen LogP contribution in [-0.2, 0) is 0 Å². The largest absolute Gasteiger partial charge is 0.497 e. The Labute approximate surface area is 182 Å². The van der Waals surface area contributed by atoms with Crippen molar-refractivity contribution in [1.29, 1.82) is 0 Å². The van der Waals surface area contributed by atoms with E-state index in [1.165, 1.54) is 0 Å². The first-order valence-corrected chi connectivity index (χ1v) is 10.1. The van der Waals surface area contributed by atoms with Crippen LogP contribution in [0.2, 0.25) is 0 Å². The molecule has 6 heteroatoms. The number of para-hydroxylation sites is 1. The molecule has 5 nitrogen and oxygen atoms in total. The van der Waals surface area contributed by atoms with Crippen LogP contribution in [0.4, 0.5) is 0 Å². The number of halogens is 1. The van der Waals surface area contributed by atoms with Crippen molar-refractivity contribution in [3.63, 3.8) is 0 Å². The number of benzene rings is 3.